The number of imidazole rings is 1. The number of fused-ring (bicyclic) bond motifs is 1. The van der Waals surface area contributed by atoms with E-state index in [1.54, 1.807) is 13.0 Å². The van der Waals surface area contributed by atoms with Crippen molar-refractivity contribution in [3.63, 3.8) is 0 Å². The van der Waals surface area contributed by atoms with Gasteiger partial charge in [0.05, 0.1) is 6.61 Å². The second-order valence-corrected chi connectivity index (χ2v) is 5.14. The number of esters is 1. The summed E-state index contributed by atoms with van der Waals surface area (Å²) in [4.78, 5) is 30.1. The number of aromatic nitrogens is 3. The number of ether oxygens (including phenoxy) is 1. The van der Waals surface area contributed by atoms with Gasteiger partial charge in [0, 0.05) is 11.2 Å². The van der Waals surface area contributed by atoms with Crippen molar-refractivity contribution in [2.75, 3.05) is 6.61 Å². The van der Waals surface area contributed by atoms with Gasteiger partial charge in [-0.1, -0.05) is 24.8 Å². The molecule has 2 heterocycles. The van der Waals surface area contributed by atoms with Crippen LogP contribution < -0.4 is 16.4 Å². The zero-order valence-corrected chi connectivity index (χ0v) is 12.8. The minimum atomic E-state index is -0.462. The summed E-state index contributed by atoms with van der Waals surface area (Å²) < 4.78 is 6.14. The Morgan fingerprint density at radius 2 is 2.13 bits per heavy atom. The molecule has 6 nitrogen and oxygen atoms in total. The second kappa shape index (κ2) is 6.00. The normalized spacial score (nSPS) is 12.0. The van der Waals surface area contributed by atoms with Crippen molar-refractivity contribution in [3.8, 4) is 0 Å². The fraction of sp³-hybridized carbons (Fsp3) is 0.176. The van der Waals surface area contributed by atoms with E-state index in [9.17, 15) is 9.59 Å². The van der Waals surface area contributed by atoms with E-state index in [-0.39, 0.29) is 18.7 Å². The topological polar surface area (TPSA) is 79.9 Å². The summed E-state index contributed by atoms with van der Waals surface area (Å²) in [6.07, 6.45) is 1.71. The number of aromatic amines is 2. The summed E-state index contributed by atoms with van der Waals surface area (Å²) in [6, 6.07) is 9.80. The van der Waals surface area contributed by atoms with E-state index in [1.807, 2.05) is 30.3 Å². The minimum Gasteiger partial charge on any atom is -0.465 e. The fourth-order valence-corrected chi connectivity index (χ4v) is 2.47. The van der Waals surface area contributed by atoms with Crippen LogP contribution in [0.15, 0.2) is 35.1 Å². The van der Waals surface area contributed by atoms with Gasteiger partial charge in [-0.25, -0.2) is 0 Å². The van der Waals surface area contributed by atoms with E-state index in [4.69, 9.17) is 4.74 Å². The van der Waals surface area contributed by atoms with Crippen LogP contribution in [-0.2, 0) is 16.1 Å². The lowest BCUT2D eigenvalue weighted by Crippen LogP contribution is -2.34. The number of hydrogen-bond donors (Lipinski definition) is 2. The average molecular weight is 311 g/mol. The van der Waals surface area contributed by atoms with E-state index in [0.717, 1.165) is 16.6 Å². The first kappa shape index (κ1) is 14.9. The third-order valence-corrected chi connectivity index (χ3v) is 3.52. The molecule has 0 spiro atoms. The summed E-state index contributed by atoms with van der Waals surface area (Å²) >= 11 is 0. The predicted molar refractivity (Wildman–Crippen MR) is 88.3 cm³/mol. The molecule has 0 unspecified atom stereocenters. The molecule has 3 aromatic rings. The Kier molecular flexibility index (Phi) is 3.89. The third kappa shape index (κ3) is 2.96. The highest BCUT2D eigenvalue weighted by Crippen LogP contribution is 2.14. The molecule has 3 rings (SSSR count). The van der Waals surface area contributed by atoms with E-state index in [0.29, 0.717) is 10.8 Å². The van der Waals surface area contributed by atoms with Crippen molar-refractivity contribution in [1.29, 1.82) is 0 Å². The van der Waals surface area contributed by atoms with Crippen LogP contribution in [0.2, 0.25) is 0 Å². The Morgan fingerprint density at radius 1 is 1.35 bits per heavy atom. The van der Waals surface area contributed by atoms with Crippen molar-refractivity contribution < 1.29 is 9.53 Å². The highest BCUT2D eigenvalue weighted by Gasteiger charge is 2.09. The van der Waals surface area contributed by atoms with Gasteiger partial charge in [0.2, 0.25) is 0 Å². The Morgan fingerprint density at radius 3 is 2.87 bits per heavy atom. The van der Waals surface area contributed by atoms with Crippen molar-refractivity contribution >= 4 is 29.5 Å². The lowest BCUT2D eigenvalue weighted by molar-refractivity contribution is -0.143. The maximum absolute atomic E-state index is 12.4. The lowest BCUT2D eigenvalue weighted by atomic mass is 10.2. The number of hydrogen-bond acceptors (Lipinski definition) is 3. The first-order valence-electron chi connectivity index (χ1n) is 7.31. The molecule has 0 atom stereocenters. The first-order valence-corrected chi connectivity index (χ1v) is 7.31. The molecular formula is C17H17N3O3. The number of carbonyl (C=O) groups is 1. The molecule has 2 N–H and O–H groups in total. The number of benzene rings is 1. The van der Waals surface area contributed by atoms with Crippen LogP contribution in [0.5, 0.6) is 0 Å². The van der Waals surface area contributed by atoms with Gasteiger partial charge in [0.15, 0.2) is 0 Å². The van der Waals surface area contributed by atoms with E-state index in [1.165, 1.54) is 4.57 Å². The molecule has 0 saturated heterocycles. The van der Waals surface area contributed by atoms with E-state index >= 15 is 0 Å². The summed E-state index contributed by atoms with van der Waals surface area (Å²) in [7, 11) is 0. The number of nitrogens with one attached hydrogen (secondary N) is 2. The Bertz CT molecular complexity index is 990. The van der Waals surface area contributed by atoms with Gasteiger partial charge in [-0.15, -0.1) is 0 Å². The highest BCUT2D eigenvalue weighted by molar-refractivity contribution is 5.82. The van der Waals surface area contributed by atoms with Gasteiger partial charge in [-0.3, -0.25) is 14.2 Å². The van der Waals surface area contributed by atoms with Gasteiger partial charge >= 0.3 is 5.97 Å². The van der Waals surface area contributed by atoms with Crippen LogP contribution >= 0.6 is 0 Å². The minimum absolute atomic E-state index is 0.150. The van der Waals surface area contributed by atoms with E-state index in [2.05, 4.69) is 16.5 Å². The Hall–Kier alpha value is -3.02. The number of nitrogens with zero attached hydrogens (tertiary/aromatic N) is 1. The summed E-state index contributed by atoms with van der Waals surface area (Å²) in [5.41, 5.74) is 1.85. The van der Waals surface area contributed by atoms with Gasteiger partial charge in [0.1, 0.15) is 17.4 Å². The second-order valence-electron chi connectivity index (χ2n) is 5.14. The van der Waals surface area contributed by atoms with Gasteiger partial charge < -0.3 is 14.7 Å². The van der Waals surface area contributed by atoms with Crippen molar-refractivity contribution in [2.24, 2.45) is 0 Å². The summed E-state index contributed by atoms with van der Waals surface area (Å²) in [5.74, 6) is -0.462. The van der Waals surface area contributed by atoms with Crippen molar-refractivity contribution in [3.05, 3.63) is 57.2 Å². The molecule has 0 radical (unpaired) electrons. The molecule has 118 valence electrons. The van der Waals surface area contributed by atoms with Crippen molar-refractivity contribution in [2.45, 2.75) is 13.5 Å². The summed E-state index contributed by atoms with van der Waals surface area (Å²) in [6.45, 7) is 5.62. The number of rotatable bonds is 4. The molecule has 0 bridgehead atoms. The molecule has 6 heteroatoms. The summed E-state index contributed by atoms with van der Waals surface area (Å²) in [5, 5.41) is 1.43. The number of carbonyl (C=O) groups excluding carboxylic acids is 1. The molecular weight excluding hydrogens is 294 g/mol. The van der Waals surface area contributed by atoms with E-state index < -0.39 is 5.97 Å². The molecule has 0 saturated carbocycles. The molecule has 1 aromatic carbocycles. The SMILES string of the molecule is C=c1[nH]/c(=C\c2cc3ccccc3[nH]2)c(=O)n1CC(=O)OCC. The maximum atomic E-state index is 12.4. The standard InChI is InChI=1S/C17H17N3O3/c1-3-23-16(21)10-20-11(2)18-15(17(20)22)9-13-8-12-6-4-5-7-14(12)19-13/h4-9,18-19H,2-3,10H2,1H3/b15-9-. The van der Waals surface area contributed by atoms with Crippen LogP contribution in [0, 0.1) is 0 Å². The van der Waals surface area contributed by atoms with Gasteiger partial charge in [-0.05, 0) is 30.5 Å². The molecule has 0 fully saturated rings. The Labute approximate surface area is 131 Å². The van der Waals surface area contributed by atoms with Crippen LogP contribution in [-0.4, -0.2) is 27.1 Å². The average Bonchev–Trinajstić information content (AvgIpc) is 3.03. The van der Waals surface area contributed by atoms with Gasteiger partial charge in [0.25, 0.3) is 5.56 Å². The first-order chi connectivity index (χ1) is 11.1. The van der Waals surface area contributed by atoms with Gasteiger partial charge in [-0.2, -0.15) is 0 Å². The largest absolute Gasteiger partial charge is 0.465 e. The quantitative estimate of drug-likeness (QED) is 0.687. The lowest BCUT2D eigenvalue weighted by Gasteiger charge is -2.01. The molecule has 0 aliphatic rings. The van der Waals surface area contributed by atoms with Crippen LogP contribution in [0.4, 0.5) is 0 Å². The third-order valence-electron chi connectivity index (χ3n) is 3.52. The maximum Gasteiger partial charge on any atom is 0.326 e. The zero-order valence-electron chi connectivity index (χ0n) is 12.8. The van der Waals surface area contributed by atoms with Crippen LogP contribution in [0.1, 0.15) is 12.6 Å². The molecule has 23 heavy (non-hydrogen) atoms. The van der Waals surface area contributed by atoms with Crippen LogP contribution in [0.25, 0.3) is 23.6 Å². The van der Waals surface area contributed by atoms with Crippen molar-refractivity contribution in [1.82, 2.24) is 14.5 Å². The number of para-hydroxylation sites is 1. The Balaban J connectivity index is 2.01. The molecule has 0 aliphatic carbocycles. The fourth-order valence-electron chi connectivity index (χ4n) is 2.47. The van der Waals surface area contributed by atoms with Crippen LogP contribution in [0.3, 0.4) is 0 Å². The molecule has 0 aliphatic heterocycles. The monoisotopic (exact) mass is 311 g/mol. The highest BCUT2D eigenvalue weighted by atomic mass is 16.5. The molecule has 2 aromatic heterocycles. The zero-order chi connectivity index (χ0) is 16.4. The smallest absolute Gasteiger partial charge is 0.326 e. The number of H-pyrrole nitrogens is 2. The molecule has 0 amide bonds. The predicted octanol–water partition coefficient (Wildman–Crippen LogP) is 0.460.